The van der Waals surface area contributed by atoms with Gasteiger partial charge in [-0.3, -0.25) is 9.59 Å². The zero-order chi connectivity index (χ0) is 20.6. The summed E-state index contributed by atoms with van der Waals surface area (Å²) in [4.78, 5) is 27.4. The summed E-state index contributed by atoms with van der Waals surface area (Å²) in [5.41, 5.74) is 0.827. The second-order valence-corrected chi connectivity index (χ2v) is 8.60. The van der Waals surface area contributed by atoms with Crippen molar-refractivity contribution in [3.63, 3.8) is 0 Å². The Morgan fingerprint density at radius 2 is 1.83 bits per heavy atom. The third-order valence-electron chi connectivity index (χ3n) is 5.32. The fourth-order valence-corrected chi connectivity index (χ4v) is 4.87. The molecule has 0 spiro atoms. The van der Waals surface area contributed by atoms with E-state index in [-0.39, 0.29) is 17.6 Å². The molecule has 1 aromatic heterocycles. The Morgan fingerprint density at radius 1 is 1.07 bits per heavy atom. The van der Waals surface area contributed by atoms with Gasteiger partial charge in [0.05, 0.1) is 4.88 Å². The first-order valence-corrected chi connectivity index (χ1v) is 10.2. The molecule has 154 valence electrons. The molecule has 2 aromatic rings. The Hall–Kier alpha value is -2.39. The number of piperidine rings is 1. The van der Waals surface area contributed by atoms with Crippen molar-refractivity contribution in [2.45, 2.75) is 25.1 Å². The van der Waals surface area contributed by atoms with E-state index >= 15 is 0 Å². The van der Waals surface area contributed by atoms with Gasteiger partial charge in [-0.1, -0.05) is 12.1 Å². The van der Waals surface area contributed by atoms with Crippen LogP contribution in [-0.4, -0.2) is 48.6 Å². The number of hydrogen-bond donors (Lipinski definition) is 2. The average Bonchev–Trinajstić information content (AvgIpc) is 3.28. The van der Waals surface area contributed by atoms with Gasteiger partial charge >= 0.3 is 12.1 Å². The van der Waals surface area contributed by atoms with Crippen LogP contribution in [-0.2, 0) is 4.79 Å². The monoisotopic (exact) mass is 423 g/mol. The third kappa shape index (κ3) is 4.62. The van der Waals surface area contributed by atoms with E-state index in [0.29, 0.717) is 10.8 Å². The van der Waals surface area contributed by atoms with Crippen molar-refractivity contribution in [1.29, 1.82) is 0 Å². The average molecular weight is 423 g/mol. The first-order chi connectivity index (χ1) is 13.8. The fraction of sp³-hybridized carbons (Fsp3) is 0.400. The molecule has 5 nitrogen and oxygen atoms in total. The van der Waals surface area contributed by atoms with E-state index in [2.05, 4.69) is 10.2 Å². The van der Waals surface area contributed by atoms with Crippen LogP contribution >= 0.6 is 11.3 Å². The van der Waals surface area contributed by atoms with E-state index in [1.807, 2.05) is 11.4 Å². The van der Waals surface area contributed by atoms with Crippen LogP contribution in [0.5, 0.6) is 0 Å². The largest absolute Gasteiger partial charge is 0.471 e. The Kier molecular flexibility index (Phi) is 5.35. The number of thiophene rings is 1. The quantitative estimate of drug-likeness (QED) is 0.788. The van der Waals surface area contributed by atoms with Gasteiger partial charge in [-0.05, 0) is 55.1 Å². The summed E-state index contributed by atoms with van der Waals surface area (Å²) in [6, 6.07) is 9.79. The lowest BCUT2D eigenvalue weighted by molar-refractivity contribution is -0.167. The van der Waals surface area contributed by atoms with Crippen LogP contribution in [0.15, 0.2) is 36.4 Å². The normalized spacial score (nSPS) is 23.6. The summed E-state index contributed by atoms with van der Waals surface area (Å²) in [6.45, 7) is 3.14. The molecule has 2 saturated heterocycles. The molecule has 2 aliphatic rings. The Bertz CT molecular complexity index is 898. The maximum Gasteiger partial charge on any atom is 0.471 e. The molecule has 2 fully saturated rings. The lowest BCUT2D eigenvalue weighted by Gasteiger charge is -2.30. The number of anilines is 1. The highest BCUT2D eigenvalue weighted by atomic mass is 32.1. The number of hydrogen-bond acceptors (Lipinski definition) is 4. The van der Waals surface area contributed by atoms with Crippen LogP contribution in [0.25, 0.3) is 10.4 Å². The van der Waals surface area contributed by atoms with Crippen LogP contribution in [0.2, 0.25) is 0 Å². The first kappa shape index (κ1) is 19.9. The van der Waals surface area contributed by atoms with Crippen molar-refractivity contribution >= 4 is 28.8 Å². The van der Waals surface area contributed by atoms with Crippen LogP contribution in [0.3, 0.4) is 0 Å². The standard InChI is InChI=1S/C20H20F3N3O2S/c21-20(22,23)19(28)25-14-3-1-13(2-4-14)16-5-6-17(29-16)18(27)24-15-9-12-7-8-26(10-12)11-15/h1-6,12,15H,7-11H2,(H,24,27)(H,25,28)/t12-,15+/m1/s1. The number of carbonyl (C=O) groups is 2. The van der Waals surface area contributed by atoms with E-state index in [1.54, 1.807) is 18.2 Å². The van der Waals surface area contributed by atoms with E-state index in [4.69, 9.17) is 0 Å². The SMILES string of the molecule is O=C(N[C@H]1C[C@H]2CCN(C2)C1)c1ccc(-c2ccc(NC(=O)C(F)(F)F)cc2)s1. The molecular weight excluding hydrogens is 403 g/mol. The van der Waals surface area contributed by atoms with Crippen LogP contribution < -0.4 is 10.6 Å². The molecule has 0 aliphatic carbocycles. The number of halogens is 3. The van der Waals surface area contributed by atoms with Gasteiger partial charge in [-0.15, -0.1) is 11.3 Å². The molecule has 0 saturated carbocycles. The number of nitrogens with one attached hydrogen (secondary N) is 2. The Balaban J connectivity index is 1.38. The van der Waals surface area contributed by atoms with Gasteiger partial charge in [-0.25, -0.2) is 0 Å². The lowest BCUT2D eigenvalue weighted by Crippen LogP contribution is -2.46. The summed E-state index contributed by atoms with van der Waals surface area (Å²) >= 11 is 1.33. The maximum atomic E-state index is 12.6. The molecule has 2 bridgehead atoms. The molecule has 1 aromatic carbocycles. The minimum Gasteiger partial charge on any atom is -0.347 e. The zero-order valence-electron chi connectivity index (χ0n) is 15.5. The third-order valence-corrected chi connectivity index (χ3v) is 6.45. The molecule has 2 N–H and O–H groups in total. The number of nitrogens with zero attached hydrogens (tertiary/aromatic N) is 1. The topological polar surface area (TPSA) is 61.4 Å². The van der Waals surface area contributed by atoms with E-state index < -0.39 is 12.1 Å². The molecule has 1 unspecified atom stereocenters. The highest BCUT2D eigenvalue weighted by Gasteiger charge is 2.38. The molecule has 2 amide bonds. The highest BCUT2D eigenvalue weighted by Crippen LogP contribution is 2.30. The Labute approximate surface area is 169 Å². The number of amides is 2. The molecule has 9 heteroatoms. The van der Waals surface area contributed by atoms with Crippen LogP contribution in [0.4, 0.5) is 18.9 Å². The summed E-state index contributed by atoms with van der Waals surface area (Å²) in [6.07, 6.45) is -2.70. The van der Waals surface area contributed by atoms with E-state index in [0.717, 1.165) is 36.5 Å². The maximum absolute atomic E-state index is 12.6. The zero-order valence-corrected chi connectivity index (χ0v) is 16.3. The van der Waals surface area contributed by atoms with Gasteiger partial charge in [0.2, 0.25) is 0 Å². The van der Waals surface area contributed by atoms with Gasteiger partial charge in [0, 0.05) is 29.7 Å². The van der Waals surface area contributed by atoms with Crippen molar-refractivity contribution in [1.82, 2.24) is 10.2 Å². The Morgan fingerprint density at radius 3 is 2.52 bits per heavy atom. The fourth-order valence-electron chi connectivity index (χ4n) is 3.96. The van der Waals surface area contributed by atoms with E-state index in [1.165, 1.54) is 29.9 Å². The number of alkyl halides is 3. The number of benzene rings is 1. The predicted octanol–water partition coefficient (Wildman–Crippen LogP) is 3.74. The first-order valence-electron chi connectivity index (χ1n) is 9.39. The van der Waals surface area contributed by atoms with Crippen molar-refractivity contribution in [3.8, 4) is 10.4 Å². The van der Waals surface area contributed by atoms with Crippen molar-refractivity contribution in [2.24, 2.45) is 5.92 Å². The summed E-state index contributed by atoms with van der Waals surface area (Å²) < 4.78 is 37.0. The second-order valence-electron chi connectivity index (χ2n) is 7.51. The highest BCUT2D eigenvalue weighted by molar-refractivity contribution is 7.17. The van der Waals surface area contributed by atoms with Crippen LogP contribution in [0.1, 0.15) is 22.5 Å². The minimum atomic E-state index is -4.93. The number of fused-ring (bicyclic) bond motifs is 2. The number of rotatable bonds is 4. The molecule has 4 rings (SSSR count). The smallest absolute Gasteiger partial charge is 0.347 e. The molecular formula is C20H20F3N3O2S. The van der Waals surface area contributed by atoms with Crippen molar-refractivity contribution in [3.05, 3.63) is 41.3 Å². The van der Waals surface area contributed by atoms with Crippen molar-refractivity contribution in [2.75, 3.05) is 25.0 Å². The number of carbonyl (C=O) groups excluding carboxylic acids is 2. The lowest BCUT2D eigenvalue weighted by atomic mass is 9.97. The second kappa shape index (κ2) is 7.79. The summed E-state index contributed by atoms with van der Waals surface area (Å²) in [5.74, 6) is -1.43. The van der Waals surface area contributed by atoms with Gasteiger partial charge in [0.1, 0.15) is 0 Å². The van der Waals surface area contributed by atoms with E-state index in [9.17, 15) is 22.8 Å². The molecule has 3 atom stereocenters. The molecule has 3 heterocycles. The minimum absolute atomic E-state index is 0.0625. The van der Waals surface area contributed by atoms with Gasteiger partial charge in [0.25, 0.3) is 5.91 Å². The van der Waals surface area contributed by atoms with Gasteiger partial charge in [-0.2, -0.15) is 13.2 Å². The predicted molar refractivity (Wildman–Crippen MR) is 105 cm³/mol. The summed E-state index contributed by atoms with van der Waals surface area (Å²) in [7, 11) is 0. The van der Waals surface area contributed by atoms with Crippen molar-refractivity contribution < 1.29 is 22.8 Å². The van der Waals surface area contributed by atoms with Gasteiger partial charge < -0.3 is 15.5 Å². The molecule has 0 radical (unpaired) electrons. The molecule has 29 heavy (non-hydrogen) atoms. The molecule has 2 aliphatic heterocycles. The summed E-state index contributed by atoms with van der Waals surface area (Å²) in [5, 5.41) is 4.93. The van der Waals surface area contributed by atoms with Gasteiger partial charge in [0.15, 0.2) is 0 Å². The van der Waals surface area contributed by atoms with Crippen LogP contribution in [0, 0.1) is 5.92 Å².